The maximum absolute atomic E-state index is 12.2. The van der Waals surface area contributed by atoms with E-state index < -0.39 is 0 Å². The van der Waals surface area contributed by atoms with E-state index >= 15 is 0 Å². The highest BCUT2D eigenvalue weighted by Crippen LogP contribution is 2.23. The van der Waals surface area contributed by atoms with E-state index in [4.69, 9.17) is 0 Å². The highest BCUT2D eigenvalue weighted by molar-refractivity contribution is 5.94. The summed E-state index contributed by atoms with van der Waals surface area (Å²) in [5.41, 5.74) is 1.30. The highest BCUT2D eigenvalue weighted by Gasteiger charge is 2.29. The number of rotatable bonds is 2. The van der Waals surface area contributed by atoms with Crippen molar-refractivity contribution < 1.29 is 15.0 Å². The van der Waals surface area contributed by atoms with Gasteiger partial charge in [-0.1, -0.05) is 0 Å². The molecule has 0 bridgehead atoms. The average Bonchev–Trinajstić information content (AvgIpc) is 2.81. The van der Waals surface area contributed by atoms with Crippen LogP contribution in [0.1, 0.15) is 29.3 Å². The number of aliphatic hydroxyl groups excluding tert-OH is 1. The van der Waals surface area contributed by atoms with Gasteiger partial charge < -0.3 is 15.1 Å². The predicted molar refractivity (Wildman–Crippen MR) is 68.5 cm³/mol. The van der Waals surface area contributed by atoms with Gasteiger partial charge in [0, 0.05) is 24.6 Å². The molecule has 18 heavy (non-hydrogen) atoms. The van der Waals surface area contributed by atoms with E-state index in [1.165, 1.54) is 0 Å². The molecular weight excluding hydrogens is 230 g/mol. The standard InChI is InChI=1S/C14H19NO3/c1-9-7-11(3-4-13(9)17)14(18)15-6-5-12(8-15)10(2)16/h3-4,7,10,12,16-17H,5-6,8H2,1-2H3. The van der Waals surface area contributed by atoms with E-state index in [0.29, 0.717) is 24.2 Å². The van der Waals surface area contributed by atoms with Crippen LogP contribution in [0.4, 0.5) is 0 Å². The Morgan fingerprint density at radius 2 is 2.22 bits per heavy atom. The number of nitrogens with zero attached hydrogens (tertiary/aromatic N) is 1. The van der Waals surface area contributed by atoms with E-state index in [0.717, 1.165) is 6.42 Å². The second kappa shape index (κ2) is 4.98. The number of likely N-dealkylation sites (tertiary alicyclic amines) is 1. The number of carbonyl (C=O) groups is 1. The minimum Gasteiger partial charge on any atom is -0.508 e. The summed E-state index contributed by atoms with van der Waals surface area (Å²) >= 11 is 0. The fourth-order valence-corrected chi connectivity index (χ4v) is 2.34. The molecule has 2 atom stereocenters. The SMILES string of the molecule is Cc1cc(C(=O)N2CCC(C(C)O)C2)ccc1O. The number of phenols is 1. The third kappa shape index (κ3) is 2.48. The van der Waals surface area contributed by atoms with Gasteiger partial charge in [-0.2, -0.15) is 0 Å². The summed E-state index contributed by atoms with van der Waals surface area (Å²) in [6, 6.07) is 4.89. The number of amides is 1. The Kier molecular flexibility index (Phi) is 3.57. The first kappa shape index (κ1) is 12.9. The summed E-state index contributed by atoms with van der Waals surface area (Å²) in [6.07, 6.45) is 0.477. The molecule has 0 aromatic heterocycles. The third-order valence-electron chi connectivity index (χ3n) is 3.64. The number of phenolic OH excluding ortho intramolecular Hbond substituents is 1. The second-order valence-corrected chi connectivity index (χ2v) is 5.04. The third-order valence-corrected chi connectivity index (χ3v) is 3.64. The topological polar surface area (TPSA) is 60.8 Å². The Hall–Kier alpha value is -1.55. The number of hydrogen-bond donors (Lipinski definition) is 2. The van der Waals surface area contributed by atoms with Gasteiger partial charge in [-0.3, -0.25) is 4.79 Å². The van der Waals surface area contributed by atoms with Gasteiger partial charge >= 0.3 is 0 Å². The zero-order valence-electron chi connectivity index (χ0n) is 10.8. The summed E-state index contributed by atoms with van der Waals surface area (Å²) in [5, 5.41) is 19.0. The molecule has 1 aliphatic rings. The number of benzene rings is 1. The van der Waals surface area contributed by atoms with Crippen LogP contribution in [0.5, 0.6) is 5.75 Å². The Morgan fingerprint density at radius 3 is 2.78 bits per heavy atom. The number of aryl methyl sites for hydroxylation is 1. The van der Waals surface area contributed by atoms with Gasteiger partial charge in [0.25, 0.3) is 5.91 Å². The monoisotopic (exact) mass is 249 g/mol. The molecule has 1 fully saturated rings. The lowest BCUT2D eigenvalue weighted by Gasteiger charge is -2.18. The molecule has 98 valence electrons. The summed E-state index contributed by atoms with van der Waals surface area (Å²) < 4.78 is 0. The summed E-state index contributed by atoms with van der Waals surface area (Å²) in [4.78, 5) is 14.0. The smallest absolute Gasteiger partial charge is 0.253 e. The molecule has 1 saturated heterocycles. The first-order valence-electron chi connectivity index (χ1n) is 6.26. The van der Waals surface area contributed by atoms with Gasteiger partial charge in [-0.15, -0.1) is 0 Å². The average molecular weight is 249 g/mol. The number of aromatic hydroxyl groups is 1. The summed E-state index contributed by atoms with van der Waals surface area (Å²) in [5.74, 6) is 0.350. The van der Waals surface area contributed by atoms with Gasteiger partial charge in [-0.05, 0) is 44.0 Å². The second-order valence-electron chi connectivity index (χ2n) is 5.04. The predicted octanol–water partition coefficient (Wildman–Crippen LogP) is 1.54. The van der Waals surface area contributed by atoms with Gasteiger partial charge in [-0.25, -0.2) is 0 Å². The van der Waals surface area contributed by atoms with Crippen LogP contribution < -0.4 is 0 Å². The van der Waals surface area contributed by atoms with Crippen LogP contribution in [0.15, 0.2) is 18.2 Å². The van der Waals surface area contributed by atoms with Gasteiger partial charge in [0.05, 0.1) is 6.10 Å². The molecule has 4 nitrogen and oxygen atoms in total. The lowest BCUT2D eigenvalue weighted by molar-refractivity contribution is 0.0762. The van der Waals surface area contributed by atoms with Crippen molar-refractivity contribution in [2.24, 2.45) is 5.92 Å². The lowest BCUT2D eigenvalue weighted by atomic mass is 10.0. The van der Waals surface area contributed by atoms with Crippen LogP contribution in [0.25, 0.3) is 0 Å². The van der Waals surface area contributed by atoms with Crippen molar-refractivity contribution in [2.45, 2.75) is 26.4 Å². The number of hydrogen-bond acceptors (Lipinski definition) is 3. The fraction of sp³-hybridized carbons (Fsp3) is 0.500. The van der Waals surface area contributed by atoms with Gasteiger partial charge in [0.2, 0.25) is 0 Å². The van der Waals surface area contributed by atoms with Crippen molar-refractivity contribution in [1.82, 2.24) is 4.90 Å². The number of carbonyl (C=O) groups excluding carboxylic acids is 1. The van der Waals surface area contributed by atoms with E-state index in [2.05, 4.69) is 0 Å². The van der Waals surface area contributed by atoms with Crippen LogP contribution in [0.3, 0.4) is 0 Å². The molecule has 2 unspecified atom stereocenters. The van der Waals surface area contributed by atoms with Crippen LogP contribution >= 0.6 is 0 Å². The van der Waals surface area contributed by atoms with E-state index in [1.807, 2.05) is 0 Å². The maximum atomic E-state index is 12.2. The molecule has 4 heteroatoms. The molecule has 0 radical (unpaired) electrons. The van der Waals surface area contributed by atoms with Crippen LogP contribution in [0, 0.1) is 12.8 Å². The molecule has 0 aliphatic carbocycles. The first-order chi connectivity index (χ1) is 8.49. The molecule has 1 aromatic rings. The highest BCUT2D eigenvalue weighted by atomic mass is 16.3. The Labute approximate surface area is 107 Å². The molecule has 2 rings (SSSR count). The molecule has 0 saturated carbocycles. The summed E-state index contributed by atoms with van der Waals surface area (Å²) in [6.45, 7) is 4.84. The molecule has 1 aromatic carbocycles. The van der Waals surface area contributed by atoms with Crippen LogP contribution in [0.2, 0.25) is 0 Å². The van der Waals surface area contributed by atoms with Crippen molar-refractivity contribution in [3.8, 4) is 5.75 Å². The van der Waals surface area contributed by atoms with Crippen molar-refractivity contribution in [3.05, 3.63) is 29.3 Å². The minimum atomic E-state index is -0.371. The normalized spacial score (nSPS) is 21.1. The van der Waals surface area contributed by atoms with Gasteiger partial charge in [0.15, 0.2) is 0 Å². The first-order valence-corrected chi connectivity index (χ1v) is 6.26. The summed E-state index contributed by atoms with van der Waals surface area (Å²) in [7, 11) is 0. The van der Waals surface area contributed by atoms with Crippen LogP contribution in [-0.2, 0) is 0 Å². The van der Waals surface area contributed by atoms with Crippen molar-refractivity contribution in [1.29, 1.82) is 0 Å². The molecular formula is C14H19NO3. The molecule has 2 N–H and O–H groups in total. The quantitative estimate of drug-likeness (QED) is 0.836. The zero-order chi connectivity index (χ0) is 13.3. The molecule has 1 amide bonds. The van der Waals surface area contributed by atoms with E-state index in [-0.39, 0.29) is 23.7 Å². The minimum absolute atomic E-state index is 0.0266. The Bertz CT molecular complexity index is 456. The number of aliphatic hydroxyl groups is 1. The van der Waals surface area contributed by atoms with Crippen LogP contribution in [-0.4, -0.2) is 40.2 Å². The van der Waals surface area contributed by atoms with Gasteiger partial charge in [0.1, 0.15) is 5.75 Å². The Morgan fingerprint density at radius 1 is 1.50 bits per heavy atom. The largest absolute Gasteiger partial charge is 0.508 e. The Balaban J connectivity index is 2.10. The van der Waals surface area contributed by atoms with E-state index in [1.54, 1.807) is 36.9 Å². The van der Waals surface area contributed by atoms with Crippen molar-refractivity contribution in [2.75, 3.05) is 13.1 Å². The molecule has 1 heterocycles. The van der Waals surface area contributed by atoms with Crippen molar-refractivity contribution in [3.63, 3.8) is 0 Å². The lowest BCUT2D eigenvalue weighted by Crippen LogP contribution is -2.30. The van der Waals surface area contributed by atoms with E-state index in [9.17, 15) is 15.0 Å². The van der Waals surface area contributed by atoms with Crippen molar-refractivity contribution >= 4 is 5.91 Å². The maximum Gasteiger partial charge on any atom is 0.253 e. The fourth-order valence-electron chi connectivity index (χ4n) is 2.34. The molecule has 1 aliphatic heterocycles. The zero-order valence-corrected chi connectivity index (χ0v) is 10.8. The molecule has 0 spiro atoms.